The molecule has 6 nitrogen and oxygen atoms in total. The third-order valence-corrected chi connectivity index (χ3v) is 6.08. The molecule has 0 unspecified atom stereocenters. The molecular formula is C23H26N2O4. The third kappa shape index (κ3) is 3.37. The summed E-state index contributed by atoms with van der Waals surface area (Å²) < 4.78 is 16.9. The van der Waals surface area contributed by atoms with Crippen molar-refractivity contribution in [2.75, 3.05) is 14.2 Å². The molecule has 2 aliphatic rings. The molecule has 2 saturated carbocycles. The van der Waals surface area contributed by atoms with Crippen LogP contribution >= 0.6 is 0 Å². The summed E-state index contributed by atoms with van der Waals surface area (Å²) in [6, 6.07) is 9.95. The number of methoxy groups -OCH3 is 2. The number of hydrogen-bond acceptors (Lipinski definition) is 4. The van der Waals surface area contributed by atoms with Crippen LogP contribution in [0, 0.1) is 5.92 Å². The minimum atomic E-state index is -0.0116. The summed E-state index contributed by atoms with van der Waals surface area (Å²) >= 11 is 0. The first-order valence-electron chi connectivity index (χ1n) is 10.2. The SMILES string of the molecule is COc1cc(OC)c2[nH]c(C(=O)N(Cc3ccc([C@H]4C[C@H]4C)o3)C3CC3)cc2c1. The van der Waals surface area contributed by atoms with E-state index in [1.165, 1.54) is 6.42 Å². The zero-order valence-corrected chi connectivity index (χ0v) is 17.0. The van der Waals surface area contributed by atoms with Gasteiger partial charge >= 0.3 is 0 Å². The molecule has 29 heavy (non-hydrogen) atoms. The number of ether oxygens (including phenoxy) is 2. The van der Waals surface area contributed by atoms with Gasteiger partial charge in [-0.15, -0.1) is 0 Å². The third-order valence-electron chi connectivity index (χ3n) is 6.08. The van der Waals surface area contributed by atoms with E-state index in [-0.39, 0.29) is 11.9 Å². The highest BCUT2D eigenvalue weighted by molar-refractivity contribution is 6.00. The molecule has 1 N–H and O–H groups in total. The molecule has 1 aromatic carbocycles. The molecule has 0 bridgehead atoms. The predicted octanol–water partition coefficient (Wildman–Crippen LogP) is 4.71. The number of amides is 1. The van der Waals surface area contributed by atoms with E-state index in [9.17, 15) is 4.79 Å². The number of carbonyl (C=O) groups excluding carboxylic acids is 1. The Bertz CT molecular complexity index is 1060. The van der Waals surface area contributed by atoms with E-state index in [4.69, 9.17) is 13.9 Å². The van der Waals surface area contributed by atoms with Gasteiger partial charge in [0.25, 0.3) is 5.91 Å². The maximum atomic E-state index is 13.3. The Morgan fingerprint density at radius 2 is 2.00 bits per heavy atom. The summed E-state index contributed by atoms with van der Waals surface area (Å²) in [4.78, 5) is 18.5. The Hall–Kier alpha value is -2.89. The second-order valence-electron chi connectivity index (χ2n) is 8.26. The predicted molar refractivity (Wildman–Crippen MR) is 110 cm³/mol. The lowest BCUT2D eigenvalue weighted by Gasteiger charge is -2.20. The van der Waals surface area contributed by atoms with Gasteiger partial charge in [-0.3, -0.25) is 4.79 Å². The van der Waals surface area contributed by atoms with Crippen molar-refractivity contribution in [1.82, 2.24) is 9.88 Å². The summed E-state index contributed by atoms with van der Waals surface area (Å²) in [5, 5.41) is 0.892. The number of benzene rings is 1. The quantitative estimate of drug-likeness (QED) is 0.630. The van der Waals surface area contributed by atoms with Crippen LogP contribution in [-0.2, 0) is 6.54 Å². The fraction of sp³-hybridized carbons (Fsp3) is 0.435. The Balaban J connectivity index is 1.42. The minimum absolute atomic E-state index is 0.0116. The molecule has 0 spiro atoms. The largest absolute Gasteiger partial charge is 0.497 e. The van der Waals surface area contributed by atoms with Crippen LogP contribution in [-0.4, -0.2) is 36.1 Å². The van der Waals surface area contributed by atoms with E-state index < -0.39 is 0 Å². The molecule has 152 valence electrons. The Labute approximate surface area is 169 Å². The van der Waals surface area contributed by atoms with E-state index >= 15 is 0 Å². The highest BCUT2D eigenvalue weighted by Crippen LogP contribution is 2.47. The minimum Gasteiger partial charge on any atom is -0.497 e. The second-order valence-corrected chi connectivity index (χ2v) is 8.26. The molecule has 2 aliphatic carbocycles. The topological polar surface area (TPSA) is 67.7 Å². The highest BCUT2D eigenvalue weighted by Gasteiger charge is 2.38. The Kier molecular flexibility index (Phi) is 4.30. The van der Waals surface area contributed by atoms with Crippen molar-refractivity contribution >= 4 is 16.8 Å². The van der Waals surface area contributed by atoms with Crippen LogP contribution in [0.3, 0.4) is 0 Å². The summed E-state index contributed by atoms with van der Waals surface area (Å²) in [6.07, 6.45) is 3.27. The van der Waals surface area contributed by atoms with Crippen LogP contribution < -0.4 is 9.47 Å². The molecule has 6 heteroatoms. The lowest BCUT2D eigenvalue weighted by atomic mass is 10.2. The number of fused-ring (bicyclic) bond motifs is 1. The van der Waals surface area contributed by atoms with Gasteiger partial charge in [0.15, 0.2) is 0 Å². The van der Waals surface area contributed by atoms with Gasteiger partial charge in [0.05, 0.1) is 26.3 Å². The number of H-pyrrole nitrogens is 1. The van der Waals surface area contributed by atoms with Gasteiger partial charge in [-0.25, -0.2) is 0 Å². The molecule has 2 heterocycles. The fourth-order valence-corrected chi connectivity index (χ4v) is 4.05. The number of furan rings is 1. The van der Waals surface area contributed by atoms with Crippen molar-refractivity contribution < 1.29 is 18.7 Å². The van der Waals surface area contributed by atoms with Gasteiger partial charge in [0.1, 0.15) is 28.7 Å². The molecule has 3 aromatic rings. The fourth-order valence-electron chi connectivity index (χ4n) is 4.05. The van der Waals surface area contributed by atoms with Crippen LogP contribution in [0.1, 0.15) is 54.1 Å². The second kappa shape index (κ2) is 6.87. The van der Waals surface area contributed by atoms with Crippen LogP contribution in [0.4, 0.5) is 0 Å². The van der Waals surface area contributed by atoms with E-state index in [0.29, 0.717) is 35.6 Å². The van der Waals surface area contributed by atoms with E-state index in [1.54, 1.807) is 14.2 Å². The van der Waals surface area contributed by atoms with Gasteiger partial charge in [-0.2, -0.15) is 0 Å². The van der Waals surface area contributed by atoms with E-state index in [1.807, 2.05) is 29.2 Å². The monoisotopic (exact) mass is 394 g/mol. The van der Waals surface area contributed by atoms with Crippen molar-refractivity contribution in [1.29, 1.82) is 0 Å². The zero-order chi connectivity index (χ0) is 20.1. The zero-order valence-electron chi connectivity index (χ0n) is 17.0. The van der Waals surface area contributed by atoms with Gasteiger partial charge in [-0.05, 0) is 49.4 Å². The average Bonchev–Trinajstić information content (AvgIpc) is 3.61. The smallest absolute Gasteiger partial charge is 0.270 e. The first kappa shape index (κ1) is 18.2. The molecule has 0 radical (unpaired) electrons. The van der Waals surface area contributed by atoms with Crippen molar-refractivity contribution in [2.45, 2.75) is 44.7 Å². The molecule has 2 aromatic heterocycles. The van der Waals surface area contributed by atoms with Crippen LogP contribution in [0.2, 0.25) is 0 Å². The summed E-state index contributed by atoms with van der Waals surface area (Å²) in [5.41, 5.74) is 1.36. The van der Waals surface area contributed by atoms with Gasteiger partial charge in [-0.1, -0.05) is 6.92 Å². The molecule has 0 saturated heterocycles. The molecule has 5 rings (SSSR count). The first-order chi connectivity index (χ1) is 14.1. The number of aromatic amines is 1. The Morgan fingerprint density at radius 3 is 2.66 bits per heavy atom. The molecular weight excluding hydrogens is 368 g/mol. The van der Waals surface area contributed by atoms with Crippen LogP contribution in [0.5, 0.6) is 11.5 Å². The molecule has 2 atom stereocenters. The maximum Gasteiger partial charge on any atom is 0.270 e. The van der Waals surface area contributed by atoms with E-state index in [2.05, 4.69) is 18.0 Å². The van der Waals surface area contributed by atoms with Gasteiger partial charge < -0.3 is 23.8 Å². The first-order valence-corrected chi connectivity index (χ1v) is 10.2. The number of aromatic nitrogens is 1. The number of rotatable bonds is 7. The summed E-state index contributed by atoms with van der Waals surface area (Å²) in [6.45, 7) is 2.74. The van der Waals surface area contributed by atoms with Crippen molar-refractivity contribution in [3.05, 3.63) is 47.5 Å². The average molecular weight is 394 g/mol. The highest BCUT2D eigenvalue weighted by atomic mass is 16.5. The number of nitrogens with zero attached hydrogens (tertiary/aromatic N) is 1. The van der Waals surface area contributed by atoms with Crippen LogP contribution in [0.15, 0.2) is 34.7 Å². The summed E-state index contributed by atoms with van der Waals surface area (Å²) in [7, 11) is 3.23. The van der Waals surface area contributed by atoms with Crippen LogP contribution in [0.25, 0.3) is 10.9 Å². The lowest BCUT2D eigenvalue weighted by molar-refractivity contribution is 0.0711. The number of carbonyl (C=O) groups is 1. The number of hydrogen-bond donors (Lipinski definition) is 1. The standard InChI is InChI=1S/C23H26N2O4/c1-13-8-18(13)20-7-6-16(29-20)12-25(15-4-5-15)23(26)19-10-14-9-17(27-2)11-21(28-3)22(14)24-19/h6-7,9-11,13,15,18,24H,4-5,8,12H2,1-3H3/t13-,18+/m1/s1. The molecule has 0 aliphatic heterocycles. The number of nitrogens with one attached hydrogen (secondary N) is 1. The lowest BCUT2D eigenvalue weighted by Crippen LogP contribution is -2.32. The summed E-state index contributed by atoms with van der Waals surface area (Å²) in [5.74, 6) is 4.50. The Morgan fingerprint density at radius 1 is 1.21 bits per heavy atom. The van der Waals surface area contributed by atoms with Crippen molar-refractivity contribution in [2.24, 2.45) is 5.92 Å². The van der Waals surface area contributed by atoms with Crippen molar-refractivity contribution in [3.63, 3.8) is 0 Å². The van der Waals surface area contributed by atoms with E-state index in [0.717, 1.165) is 35.3 Å². The molecule has 2 fully saturated rings. The van der Waals surface area contributed by atoms with Gasteiger partial charge in [0, 0.05) is 23.4 Å². The molecule has 1 amide bonds. The maximum absolute atomic E-state index is 13.3. The van der Waals surface area contributed by atoms with Crippen molar-refractivity contribution in [3.8, 4) is 11.5 Å². The normalized spacial score (nSPS) is 20.7. The van der Waals surface area contributed by atoms with Gasteiger partial charge in [0.2, 0.25) is 0 Å².